The zero-order chi connectivity index (χ0) is 21.9. The first-order valence-electron chi connectivity index (χ1n) is 9.07. The van der Waals surface area contributed by atoms with Gasteiger partial charge in [0.15, 0.2) is 0 Å². The molecule has 3 rings (SSSR count). The normalized spacial score (nSPS) is 12.5. The maximum Gasteiger partial charge on any atom is 0.337 e. The third-order valence-corrected chi connectivity index (χ3v) is 6.75. The summed E-state index contributed by atoms with van der Waals surface area (Å²) in [5.74, 6) is -0.499. The van der Waals surface area contributed by atoms with Gasteiger partial charge in [-0.25, -0.2) is 17.9 Å². The molecule has 3 aromatic rings. The summed E-state index contributed by atoms with van der Waals surface area (Å²) < 4.78 is 40.5. The zero-order valence-electron chi connectivity index (χ0n) is 17.1. The number of methoxy groups -OCH3 is 2. The number of thiophene rings is 1. The fraction of sp³-hybridized carbons (Fsp3) is 0.300. The average molecular weight is 450 g/mol. The number of sulfonamides is 1. The third-order valence-electron chi connectivity index (χ3n) is 4.61. The van der Waals surface area contributed by atoms with Gasteiger partial charge in [-0.2, -0.15) is 16.4 Å². The number of nitrogens with one attached hydrogen (secondary N) is 1. The molecule has 0 amide bonds. The molecule has 8 nitrogen and oxygen atoms in total. The minimum Gasteiger partial charge on any atom is -0.495 e. The van der Waals surface area contributed by atoms with E-state index in [0.717, 1.165) is 17.0 Å². The molecule has 1 N–H and O–H groups in total. The highest BCUT2D eigenvalue weighted by atomic mass is 32.2. The molecule has 10 heteroatoms. The van der Waals surface area contributed by atoms with E-state index in [4.69, 9.17) is 9.47 Å². The summed E-state index contributed by atoms with van der Waals surface area (Å²) in [6, 6.07) is 7.69. The van der Waals surface area contributed by atoms with Gasteiger partial charge in [-0.3, -0.25) is 4.68 Å². The highest BCUT2D eigenvalue weighted by molar-refractivity contribution is 7.89. The first-order chi connectivity index (χ1) is 14.3. The van der Waals surface area contributed by atoms with Crippen LogP contribution in [0.1, 0.15) is 33.4 Å². The van der Waals surface area contributed by atoms with Crippen LogP contribution in [0.5, 0.6) is 5.75 Å². The number of benzene rings is 1. The summed E-state index contributed by atoms with van der Waals surface area (Å²) in [5, 5.41) is 8.42. The molecule has 0 aliphatic carbocycles. The zero-order valence-corrected chi connectivity index (χ0v) is 18.7. The number of rotatable bonds is 8. The molecule has 0 radical (unpaired) electrons. The summed E-state index contributed by atoms with van der Waals surface area (Å²) in [7, 11) is -1.38. The minimum absolute atomic E-state index is 0.0760. The standard InChI is InChI=1S/C20H23N3O5S2/c1-13-9-14(2)23(22-13)17(16-7-8-29-12-16)11-21-30(25,26)19-10-15(20(24)28-4)5-6-18(19)27-3/h5-10,12,17,21H,11H2,1-4H3/t17-/m0/s1. The molecule has 2 heterocycles. The van der Waals surface area contributed by atoms with E-state index in [1.807, 2.05) is 41.4 Å². The second kappa shape index (κ2) is 8.99. The lowest BCUT2D eigenvalue weighted by Crippen LogP contribution is -2.32. The highest BCUT2D eigenvalue weighted by Gasteiger charge is 2.25. The van der Waals surface area contributed by atoms with Gasteiger partial charge in [-0.15, -0.1) is 0 Å². The quantitative estimate of drug-likeness (QED) is 0.531. The van der Waals surface area contributed by atoms with Crippen LogP contribution < -0.4 is 9.46 Å². The van der Waals surface area contributed by atoms with Crippen molar-refractivity contribution in [3.63, 3.8) is 0 Å². The lowest BCUT2D eigenvalue weighted by Gasteiger charge is -2.20. The average Bonchev–Trinajstić information content (AvgIpc) is 3.37. The van der Waals surface area contributed by atoms with Crippen LogP contribution in [0.15, 0.2) is 46.0 Å². The summed E-state index contributed by atoms with van der Waals surface area (Å²) in [4.78, 5) is 11.7. The first kappa shape index (κ1) is 22.0. The molecule has 0 saturated heterocycles. The lowest BCUT2D eigenvalue weighted by molar-refractivity contribution is 0.0600. The van der Waals surface area contributed by atoms with Crippen LogP contribution >= 0.6 is 11.3 Å². The van der Waals surface area contributed by atoms with Gasteiger partial charge in [-0.1, -0.05) is 0 Å². The number of carbonyl (C=O) groups is 1. The molecule has 1 atom stereocenters. The molecular weight excluding hydrogens is 426 g/mol. The molecule has 0 saturated carbocycles. The van der Waals surface area contributed by atoms with E-state index < -0.39 is 16.0 Å². The number of hydrogen-bond donors (Lipinski definition) is 1. The Kier molecular flexibility index (Phi) is 6.59. The van der Waals surface area contributed by atoms with Crippen LogP contribution in [-0.2, 0) is 14.8 Å². The molecule has 0 bridgehead atoms. The Labute approximate surface area is 179 Å². The van der Waals surface area contributed by atoms with Gasteiger partial charge in [-0.05, 0) is 60.5 Å². The van der Waals surface area contributed by atoms with Gasteiger partial charge >= 0.3 is 5.97 Å². The number of aryl methyl sites for hydroxylation is 2. The van der Waals surface area contributed by atoms with E-state index in [0.29, 0.717) is 0 Å². The fourth-order valence-corrected chi connectivity index (χ4v) is 5.11. The van der Waals surface area contributed by atoms with Crippen molar-refractivity contribution < 1.29 is 22.7 Å². The van der Waals surface area contributed by atoms with Crippen LogP contribution in [0.2, 0.25) is 0 Å². The smallest absolute Gasteiger partial charge is 0.337 e. The predicted octanol–water partition coefficient (Wildman–Crippen LogP) is 2.92. The molecule has 0 fully saturated rings. The molecule has 1 aromatic carbocycles. The van der Waals surface area contributed by atoms with Gasteiger partial charge in [0.1, 0.15) is 10.6 Å². The summed E-state index contributed by atoms with van der Waals surface area (Å²) >= 11 is 1.53. The van der Waals surface area contributed by atoms with E-state index >= 15 is 0 Å². The Bertz CT molecular complexity index is 1140. The van der Waals surface area contributed by atoms with Crippen LogP contribution in [0.4, 0.5) is 0 Å². The van der Waals surface area contributed by atoms with Crippen LogP contribution in [0.25, 0.3) is 0 Å². The topological polar surface area (TPSA) is 99.5 Å². The van der Waals surface area contributed by atoms with Crippen LogP contribution in [0, 0.1) is 13.8 Å². The molecule has 0 unspecified atom stereocenters. The largest absolute Gasteiger partial charge is 0.495 e. The Morgan fingerprint density at radius 1 is 1.23 bits per heavy atom. The Hall–Kier alpha value is -2.69. The molecule has 0 aliphatic rings. The van der Waals surface area contributed by atoms with Crippen molar-refractivity contribution in [3.05, 3.63) is 63.6 Å². The first-order valence-corrected chi connectivity index (χ1v) is 11.5. The van der Waals surface area contributed by atoms with Crippen molar-refractivity contribution in [1.82, 2.24) is 14.5 Å². The predicted molar refractivity (Wildman–Crippen MR) is 114 cm³/mol. The number of aromatic nitrogens is 2. The van der Waals surface area contributed by atoms with Crippen molar-refractivity contribution in [2.45, 2.75) is 24.8 Å². The van der Waals surface area contributed by atoms with Gasteiger partial charge in [0.2, 0.25) is 10.0 Å². The highest BCUT2D eigenvalue weighted by Crippen LogP contribution is 2.27. The van der Waals surface area contributed by atoms with E-state index in [1.165, 1.54) is 43.8 Å². The number of esters is 1. The summed E-state index contributed by atoms with van der Waals surface area (Å²) in [5.41, 5.74) is 2.84. The van der Waals surface area contributed by atoms with Crippen molar-refractivity contribution in [2.75, 3.05) is 20.8 Å². The van der Waals surface area contributed by atoms with Crippen molar-refractivity contribution in [2.24, 2.45) is 0 Å². The lowest BCUT2D eigenvalue weighted by atomic mass is 10.1. The second-order valence-electron chi connectivity index (χ2n) is 6.65. The molecule has 0 aliphatic heterocycles. The van der Waals surface area contributed by atoms with E-state index in [1.54, 1.807) is 0 Å². The maximum absolute atomic E-state index is 13.1. The molecule has 30 heavy (non-hydrogen) atoms. The van der Waals surface area contributed by atoms with Gasteiger partial charge < -0.3 is 9.47 Å². The van der Waals surface area contributed by atoms with Crippen molar-refractivity contribution >= 4 is 27.3 Å². The molecule has 2 aromatic heterocycles. The number of hydrogen-bond acceptors (Lipinski definition) is 7. The van der Waals surface area contributed by atoms with Gasteiger partial charge in [0, 0.05) is 12.2 Å². The van der Waals surface area contributed by atoms with Crippen LogP contribution in [0.3, 0.4) is 0 Å². The molecular formula is C20H23N3O5S2. The van der Waals surface area contributed by atoms with Crippen molar-refractivity contribution in [1.29, 1.82) is 0 Å². The number of carbonyl (C=O) groups excluding carboxylic acids is 1. The molecule has 0 spiro atoms. The van der Waals surface area contributed by atoms with Gasteiger partial charge in [0.25, 0.3) is 0 Å². The van der Waals surface area contributed by atoms with E-state index in [-0.39, 0.29) is 28.8 Å². The SMILES string of the molecule is COC(=O)c1ccc(OC)c(S(=O)(=O)NC[C@@H](c2ccsc2)n2nc(C)cc2C)c1. The Morgan fingerprint density at radius 2 is 2.00 bits per heavy atom. The molecule has 160 valence electrons. The van der Waals surface area contributed by atoms with Gasteiger partial charge in [0.05, 0.1) is 31.5 Å². The Balaban J connectivity index is 1.94. The van der Waals surface area contributed by atoms with E-state index in [2.05, 4.69) is 9.82 Å². The summed E-state index contributed by atoms with van der Waals surface area (Å²) in [6.45, 7) is 3.89. The van der Waals surface area contributed by atoms with Crippen molar-refractivity contribution in [3.8, 4) is 5.75 Å². The number of ether oxygens (including phenoxy) is 2. The summed E-state index contributed by atoms with van der Waals surface area (Å²) in [6.07, 6.45) is 0. The monoisotopic (exact) mass is 449 g/mol. The number of nitrogens with zero attached hydrogens (tertiary/aromatic N) is 2. The fourth-order valence-electron chi connectivity index (χ4n) is 3.17. The maximum atomic E-state index is 13.1. The minimum atomic E-state index is -3.99. The van der Waals surface area contributed by atoms with E-state index in [9.17, 15) is 13.2 Å². The van der Waals surface area contributed by atoms with Crippen LogP contribution in [-0.4, -0.2) is 44.9 Å². The second-order valence-corrected chi connectivity index (χ2v) is 9.17. The Morgan fingerprint density at radius 3 is 2.57 bits per heavy atom. The third kappa shape index (κ3) is 4.55.